The van der Waals surface area contributed by atoms with Gasteiger partial charge in [-0.2, -0.15) is 0 Å². The minimum Gasteiger partial charge on any atom is -0.491 e. The van der Waals surface area contributed by atoms with Gasteiger partial charge >= 0.3 is 6.09 Å². The van der Waals surface area contributed by atoms with E-state index in [1.807, 2.05) is 0 Å². The molecule has 1 heterocycles. The average Bonchev–Trinajstić information content (AvgIpc) is 3.28. The topological polar surface area (TPSA) is 136 Å². The Morgan fingerprint density at radius 3 is 2.58 bits per heavy atom. The molecule has 0 fully saturated rings. The Kier molecular flexibility index (Phi) is 7.75. The van der Waals surface area contributed by atoms with Crippen LogP contribution in [0.5, 0.6) is 17.2 Å². The molecular formula is C23H26N2O8. The van der Waals surface area contributed by atoms with Gasteiger partial charge in [0.2, 0.25) is 6.79 Å². The van der Waals surface area contributed by atoms with Gasteiger partial charge in [-0.25, -0.2) is 10.3 Å². The highest BCUT2D eigenvalue weighted by Gasteiger charge is 2.33. The molecule has 1 aliphatic rings. The van der Waals surface area contributed by atoms with Gasteiger partial charge in [-0.15, -0.1) is 0 Å². The molecule has 10 nitrogen and oxygen atoms in total. The molecule has 0 spiro atoms. The second kappa shape index (κ2) is 10.7. The van der Waals surface area contributed by atoms with E-state index in [0.29, 0.717) is 28.5 Å². The first kappa shape index (κ1) is 23.9. The fraction of sp³-hybridized carbons (Fsp3) is 0.304. The molecular weight excluding hydrogens is 432 g/mol. The summed E-state index contributed by atoms with van der Waals surface area (Å²) in [5.74, 6) is 0.939. The smallest absolute Gasteiger partial charge is 0.412 e. The van der Waals surface area contributed by atoms with Crippen LogP contribution in [0.4, 0.5) is 10.5 Å². The van der Waals surface area contributed by atoms with Gasteiger partial charge in [0.1, 0.15) is 18.5 Å². The predicted octanol–water partition coefficient (Wildman–Crippen LogP) is 3.16. The molecule has 1 atom stereocenters. The van der Waals surface area contributed by atoms with Crippen molar-refractivity contribution in [2.24, 2.45) is 5.41 Å². The summed E-state index contributed by atoms with van der Waals surface area (Å²) in [4.78, 5) is 24.2. The highest BCUT2D eigenvalue weighted by Crippen LogP contribution is 2.39. The summed E-state index contributed by atoms with van der Waals surface area (Å²) in [6.45, 7) is 3.72. The van der Waals surface area contributed by atoms with Crippen LogP contribution in [0.15, 0.2) is 54.6 Å². The molecule has 2 amide bonds. The van der Waals surface area contributed by atoms with Crippen LogP contribution in [-0.2, 0) is 9.53 Å². The van der Waals surface area contributed by atoms with Crippen molar-refractivity contribution in [3.63, 3.8) is 0 Å². The quantitative estimate of drug-likeness (QED) is 0.256. The molecule has 2 aromatic carbocycles. The zero-order valence-corrected chi connectivity index (χ0v) is 18.2. The third-order valence-electron chi connectivity index (χ3n) is 4.84. The lowest BCUT2D eigenvalue weighted by Gasteiger charge is -2.31. The molecule has 0 saturated heterocycles. The molecule has 176 valence electrons. The van der Waals surface area contributed by atoms with E-state index < -0.39 is 23.5 Å². The summed E-state index contributed by atoms with van der Waals surface area (Å²) in [5.41, 5.74) is 1.80. The fourth-order valence-corrected chi connectivity index (χ4v) is 3.20. The Morgan fingerprint density at radius 2 is 1.88 bits per heavy atom. The van der Waals surface area contributed by atoms with Gasteiger partial charge in [0.15, 0.2) is 11.5 Å². The maximum absolute atomic E-state index is 12.7. The second-order valence-corrected chi connectivity index (χ2v) is 7.75. The summed E-state index contributed by atoms with van der Waals surface area (Å²) in [6.07, 6.45) is 1.17. The summed E-state index contributed by atoms with van der Waals surface area (Å²) >= 11 is 0. The lowest BCUT2D eigenvalue weighted by atomic mass is 9.82. The lowest BCUT2D eigenvalue weighted by molar-refractivity contribution is -0.124. The predicted molar refractivity (Wildman–Crippen MR) is 117 cm³/mol. The molecule has 0 radical (unpaired) electrons. The second-order valence-electron chi connectivity index (χ2n) is 7.75. The van der Waals surface area contributed by atoms with Crippen LogP contribution in [-0.4, -0.2) is 42.3 Å². The van der Waals surface area contributed by atoms with Crippen LogP contribution in [0.1, 0.15) is 25.5 Å². The van der Waals surface area contributed by atoms with E-state index in [4.69, 9.17) is 29.3 Å². The standard InChI is InChI=1S/C23H26N2O8/c1-23(2,10-9-20(27)25-29)21(15-3-6-17(7-4-15)30-12-11-26)33-22(28)24-16-5-8-18-19(13-16)32-14-31-18/h3-10,13,21,26,29H,11-12,14H2,1-2H3,(H,24,28)(H,25,27)/b10-9+/t21-/m0/s1. The van der Waals surface area contributed by atoms with E-state index >= 15 is 0 Å². The highest BCUT2D eigenvalue weighted by atomic mass is 16.7. The van der Waals surface area contributed by atoms with Crippen LogP contribution in [0.25, 0.3) is 0 Å². The largest absolute Gasteiger partial charge is 0.491 e. The van der Waals surface area contributed by atoms with Crippen molar-refractivity contribution in [3.8, 4) is 17.2 Å². The Hall–Kier alpha value is -3.76. The van der Waals surface area contributed by atoms with E-state index in [-0.39, 0.29) is 20.0 Å². The third-order valence-corrected chi connectivity index (χ3v) is 4.84. The normalized spacial score (nSPS) is 13.5. The number of hydrogen-bond acceptors (Lipinski definition) is 8. The maximum atomic E-state index is 12.7. The van der Waals surface area contributed by atoms with Crippen LogP contribution in [0.3, 0.4) is 0 Å². The first-order chi connectivity index (χ1) is 15.8. The molecule has 10 heteroatoms. The van der Waals surface area contributed by atoms with Gasteiger partial charge in [-0.05, 0) is 29.8 Å². The number of fused-ring (bicyclic) bond motifs is 1. The van der Waals surface area contributed by atoms with Gasteiger partial charge in [0.05, 0.1) is 6.61 Å². The van der Waals surface area contributed by atoms with E-state index in [0.717, 1.165) is 6.08 Å². The van der Waals surface area contributed by atoms with E-state index in [9.17, 15) is 9.59 Å². The molecule has 0 unspecified atom stereocenters. The van der Waals surface area contributed by atoms with Gasteiger partial charge in [-0.1, -0.05) is 32.1 Å². The number of rotatable bonds is 9. The van der Waals surface area contributed by atoms with Crippen LogP contribution < -0.4 is 25.0 Å². The zero-order chi connectivity index (χ0) is 23.8. The SMILES string of the molecule is CC(C)(/C=C/C(=O)NO)[C@@H](OC(=O)Nc1ccc2c(c1)OCO2)c1ccc(OCCO)cc1. The number of benzene rings is 2. The molecule has 0 aliphatic carbocycles. The number of nitrogens with one attached hydrogen (secondary N) is 2. The maximum Gasteiger partial charge on any atom is 0.412 e. The molecule has 33 heavy (non-hydrogen) atoms. The van der Waals surface area contributed by atoms with Crippen molar-refractivity contribution < 1.29 is 38.9 Å². The highest BCUT2D eigenvalue weighted by molar-refractivity contribution is 5.87. The number of amides is 2. The molecule has 0 saturated carbocycles. The van der Waals surface area contributed by atoms with Gasteiger partial charge in [0.25, 0.3) is 5.91 Å². The van der Waals surface area contributed by atoms with E-state index in [1.165, 1.54) is 11.6 Å². The van der Waals surface area contributed by atoms with E-state index in [2.05, 4.69) is 5.32 Å². The summed E-state index contributed by atoms with van der Waals surface area (Å²) in [5, 5.41) is 20.3. The average molecular weight is 458 g/mol. The molecule has 0 aromatic heterocycles. The number of hydrogen-bond donors (Lipinski definition) is 4. The summed E-state index contributed by atoms with van der Waals surface area (Å²) in [7, 11) is 0. The molecule has 1 aliphatic heterocycles. The van der Waals surface area contributed by atoms with Gasteiger partial charge in [-0.3, -0.25) is 15.3 Å². The zero-order valence-electron chi connectivity index (χ0n) is 18.2. The van der Waals surface area contributed by atoms with Gasteiger partial charge < -0.3 is 24.1 Å². The number of anilines is 1. The Labute approximate surface area is 190 Å². The monoisotopic (exact) mass is 458 g/mol. The molecule has 3 rings (SSSR count). The third kappa shape index (κ3) is 6.37. The Balaban J connectivity index is 1.80. The first-order valence-corrected chi connectivity index (χ1v) is 10.2. The van der Waals surface area contributed by atoms with Crippen LogP contribution in [0.2, 0.25) is 0 Å². The minimum absolute atomic E-state index is 0.113. The van der Waals surface area contributed by atoms with Crippen molar-refractivity contribution >= 4 is 17.7 Å². The van der Waals surface area contributed by atoms with Crippen molar-refractivity contribution in [2.75, 3.05) is 25.3 Å². The van der Waals surface area contributed by atoms with Crippen LogP contribution >= 0.6 is 0 Å². The number of ether oxygens (including phenoxy) is 4. The first-order valence-electron chi connectivity index (χ1n) is 10.2. The number of carbonyl (C=O) groups is 2. The van der Waals surface area contributed by atoms with Crippen LogP contribution in [0, 0.1) is 5.41 Å². The number of aliphatic hydroxyl groups is 1. The van der Waals surface area contributed by atoms with Crippen molar-refractivity contribution in [2.45, 2.75) is 20.0 Å². The number of aliphatic hydroxyl groups excluding tert-OH is 1. The molecule has 0 bridgehead atoms. The number of carbonyl (C=O) groups excluding carboxylic acids is 2. The lowest BCUT2D eigenvalue weighted by Crippen LogP contribution is -2.28. The van der Waals surface area contributed by atoms with E-state index in [1.54, 1.807) is 56.3 Å². The molecule has 2 aromatic rings. The van der Waals surface area contributed by atoms with Crippen molar-refractivity contribution in [1.82, 2.24) is 5.48 Å². The minimum atomic E-state index is -0.841. The van der Waals surface area contributed by atoms with Gasteiger partial charge in [0, 0.05) is 23.2 Å². The number of hydroxylamine groups is 1. The fourth-order valence-electron chi connectivity index (χ4n) is 3.20. The Bertz CT molecular complexity index is 1000. The molecule has 4 N–H and O–H groups in total. The van der Waals surface area contributed by atoms with Crippen molar-refractivity contribution in [1.29, 1.82) is 0 Å². The van der Waals surface area contributed by atoms with Crippen molar-refractivity contribution in [3.05, 3.63) is 60.2 Å². The Morgan fingerprint density at radius 1 is 1.15 bits per heavy atom. The summed E-state index contributed by atoms with van der Waals surface area (Å²) in [6, 6.07) is 11.8. The summed E-state index contributed by atoms with van der Waals surface area (Å²) < 4.78 is 21.7.